The number of hydrogen-bond donors (Lipinski definition) is 0. The van der Waals surface area contributed by atoms with Gasteiger partial charge in [-0.1, -0.05) is 35.3 Å². The number of alkyl halides is 1. The molecule has 0 N–H and O–H groups in total. The van der Waals surface area contributed by atoms with Crippen molar-refractivity contribution < 1.29 is 4.92 Å². The fourth-order valence-electron chi connectivity index (χ4n) is 1.64. The standard InChI is InChI=1S/C12H17BrN2O2/c1-3-4-7-14(2)11-6-5-10(9-13)8-12(11)15(16)17/h5-6,8H,3-4,7,9H2,1-2H3. The number of hydrogen-bond acceptors (Lipinski definition) is 3. The van der Waals surface area contributed by atoms with Crippen LogP contribution in [0.2, 0.25) is 0 Å². The van der Waals surface area contributed by atoms with Gasteiger partial charge in [0.1, 0.15) is 5.69 Å². The first kappa shape index (κ1) is 14.0. The Hall–Kier alpha value is -1.10. The summed E-state index contributed by atoms with van der Waals surface area (Å²) >= 11 is 3.31. The first-order valence-corrected chi connectivity index (χ1v) is 6.76. The Labute approximate surface area is 110 Å². The number of halogens is 1. The van der Waals surface area contributed by atoms with Gasteiger partial charge in [-0.05, 0) is 18.1 Å². The molecule has 1 aromatic rings. The molecule has 0 atom stereocenters. The van der Waals surface area contributed by atoms with Crippen LogP contribution in [0.4, 0.5) is 11.4 Å². The fourth-order valence-corrected chi connectivity index (χ4v) is 1.99. The van der Waals surface area contributed by atoms with Crippen LogP contribution in [0.5, 0.6) is 0 Å². The molecule has 17 heavy (non-hydrogen) atoms. The molecule has 5 heteroatoms. The summed E-state index contributed by atoms with van der Waals surface area (Å²) in [6.45, 7) is 2.95. The molecule has 0 saturated heterocycles. The maximum atomic E-state index is 11.0. The molecule has 4 nitrogen and oxygen atoms in total. The van der Waals surface area contributed by atoms with Crippen LogP contribution >= 0.6 is 15.9 Å². The summed E-state index contributed by atoms with van der Waals surface area (Å²) in [4.78, 5) is 12.7. The van der Waals surface area contributed by atoms with Crippen LogP contribution in [0.1, 0.15) is 25.3 Å². The van der Waals surface area contributed by atoms with Gasteiger partial charge in [-0.2, -0.15) is 0 Å². The van der Waals surface area contributed by atoms with Gasteiger partial charge < -0.3 is 4.90 Å². The smallest absolute Gasteiger partial charge is 0.292 e. The van der Waals surface area contributed by atoms with Crippen LogP contribution in [-0.2, 0) is 5.33 Å². The molecule has 1 rings (SSSR count). The van der Waals surface area contributed by atoms with Crippen molar-refractivity contribution in [1.29, 1.82) is 0 Å². The average molecular weight is 301 g/mol. The highest BCUT2D eigenvalue weighted by Crippen LogP contribution is 2.29. The molecule has 0 fully saturated rings. The highest BCUT2D eigenvalue weighted by molar-refractivity contribution is 9.08. The Morgan fingerprint density at radius 3 is 2.71 bits per heavy atom. The van der Waals surface area contributed by atoms with Gasteiger partial charge in [0.05, 0.1) is 4.92 Å². The van der Waals surface area contributed by atoms with Gasteiger partial charge in [-0.3, -0.25) is 10.1 Å². The number of benzene rings is 1. The lowest BCUT2D eigenvalue weighted by atomic mass is 10.1. The molecule has 0 aliphatic heterocycles. The van der Waals surface area contributed by atoms with E-state index in [-0.39, 0.29) is 10.6 Å². The van der Waals surface area contributed by atoms with E-state index in [9.17, 15) is 10.1 Å². The van der Waals surface area contributed by atoms with E-state index in [0.717, 1.165) is 24.9 Å². The third-order valence-electron chi connectivity index (χ3n) is 2.65. The monoisotopic (exact) mass is 300 g/mol. The van der Waals surface area contributed by atoms with Gasteiger partial charge in [-0.25, -0.2) is 0 Å². The zero-order valence-electron chi connectivity index (χ0n) is 10.1. The van der Waals surface area contributed by atoms with E-state index in [1.807, 2.05) is 24.1 Å². The van der Waals surface area contributed by atoms with Crippen LogP contribution in [0.25, 0.3) is 0 Å². The highest BCUT2D eigenvalue weighted by atomic mass is 79.9. The minimum absolute atomic E-state index is 0.181. The summed E-state index contributed by atoms with van der Waals surface area (Å²) in [5.74, 6) is 0. The van der Waals surface area contributed by atoms with Gasteiger partial charge in [0.15, 0.2) is 0 Å². The molecule has 0 aliphatic carbocycles. The van der Waals surface area contributed by atoms with E-state index in [1.165, 1.54) is 0 Å². The number of unbranched alkanes of at least 4 members (excludes halogenated alkanes) is 1. The summed E-state index contributed by atoms with van der Waals surface area (Å²) in [5.41, 5.74) is 1.79. The molecule has 0 spiro atoms. The minimum atomic E-state index is -0.316. The predicted octanol–water partition coefficient (Wildman–Crippen LogP) is 3.73. The molecule has 0 bridgehead atoms. The van der Waals surface area contributed by atoms with Crippen molar-refractivity contribution in [2.45, 2.75) is 25.1 Å². The summed E-state index contributed by atoms with van der Waals surface area (Å²) in [6.07, 6.45) is 2.12. The maximum Gasteiger partial charge on any atom is 0.292 e. The molecule has 0 aliphatic rings. The Morgan fingerprint density at radius 1 is 1.47 bits per heavy atom. The lowest BCUT2D eigenvalue weighted by molar-refractivity contribution is -0.384. The van der Waals surface area contributed by atoms with Crippen molar-refractivity contribution in [1.82, 2.24) is 0 Å². The largest absolute Gasteiger partial charge is 0.369 e. The van der Waals surface area contributed by atoms with Crippen LogP contribution < -0.4 is 4.90 Å². The topological polar surface area (TPSA) is 46.4 Å². The SMILES string of the molecule is CCCCN(C)c1ccc(CBr)cc1[N+](=O)[O-]. The number of anilines is 1. The predicted molar refractivity (Wildman–Crippen MR) is 73.9 cm³/mol. The first-order chi connectivity index (χ1) is 8.10. The number of nitro benzene ring substituents is 1. The summed E-state index contributed by atoms with van der Waals surface area (Å²) in [7, 11) is 1.89. The third-order valence-corrected chi connectivity index (χ3v) is 3.30. The maximum absolute atomic E-state index is 11.0. The molecule has 94 valence electrons. The van der Waals surface area contributed by atoms with Crippen LogP contribution in [-0.4, -0.2) is 18.5 Å². The second-order valence-corrected chi connectivity index (χ2v) is 4.55. The lowest BCUT2D eigenvalue weighted by Crippen LogP contribution is -2.19. The van der Waals surface area contributed by atoms with Gasteiger partial charge in [0, 0.05) is 25.0 Å². The van der Waals surface area contributed by atoms with Gasteiger partial charge >= 0.3 is 0 Å². The summed E-state index contributed by atoms with van der Waals surface area (Å²) in [5, 5.41) is 11.7. The van der Waals surface area contributed by atoms with E-state index in [1.54, 1.807) is 6.07 Å². The Kier molecular flexibility index (Phi) is 5.41. The lowest BCUT2D eigenvalue weighted by Gasteiger charge is -2.19. The Bertz CT molecular complexity index is 396. The normalized spacial score (nSPS) is 10.3. The molecule has 1 aromatic carbocycles. The van der Waals surface area contributed by atoms with Crippen molar-refractivity contribution in [3.63, 3.8) is 0 Å². The van der Waals surface area contributed by atoms with Gasteiger partial charge in [-0.15, -0.1) is 0 Å². The second-order valence-electron chi connectivity index (χ2n) is 3.99. The highest BCUT2D eigenvalue weighted by Gasteiger charge is 2.17. The van der Waals surface area contributed by atoms with Crippen molar-refractivity contribution in [3.05, 3.63) is 33.9 Å². The summed E-state index contributed by atoms with van der Waals surface area (Å²) in [6, 6.07) is 5.37. The van der Waals surface area contributed by atoms with E-state index >= 15 is 0 Å². The third kappa shape index (κ3) is 3.70. The van der Waals surface area contributed by atoms with Gasteiger partial charge in [0.25, 0.3) is 5.69 Å². The molecule has 0 aromatic heterocycles. The zero-order valence-corrected chi connectivity index (χ0v) is 11.7. The second kappa shape index (κ2) is 6.59. The molecule has 0 amide bonds. The van der Waals surface area contributed by atoms with Crippen LogP contribution in [0.15, 0.2) is 18.2 Å². The Morgan fingerprint density at radius 2 is 2.18 bits per heavy atom. The van der Waals surface area contributed by atoms with E-state index in [2.05, 4.69) is 22.9 Å². The number of rotatable bonds is 6. The van der Waals surface area contributed by atoms with Crippen LogP contribution in [0, 0.1) is 10.1 Å². The zero-order chi connectivity index (χ0) is 12.8. The number of nitro groups is 1. The van der Waals surface area contributed by atoms with E-state index in [4.69, 9.17) is 0 Å². The van der Waals surface area contributed by atoms with Gasteiger partial charge in [0.2, 0.25) is 0 Å². The van der Waals surface area contributed by atoms with E-state index < -0.39 is 0 Å². The van der Waals surface area contributed by atoms with Crippen molar-refractivity contribution in [2.24, 2.45) is 0 Å². The minimum Gasteiger partial charge on any atom is -0.369 e. The average Bonchev–Trinajstić information content (AvgIpc) is 2.35. The molecular weight excluding hydrogens is 284 g/mol. The van der Waals surface area contributed by atoms with Crippen LogP contribution in [0.3, 0.4) is 0 Å². The Balaban J connectivity index is 3.01. The molecule has 0 saturated carbocycles. The molecule has 0 unspecified atom stereocenters. The quantitative estimate of drug-likeness (QED) is 0.457. The van der Waals surface area contributed by atoms with E-state index in [0.29, 0.717) is 11.0 Å². The van der Waals surface area contributed by atoms with Crippen molar-refractivity contribution in [3.8, 4) is 0 Å². The van der Waals surface area contributed by atoms with Crippen molar-refractivity contribution >= 4 is 27.3 Å². The molecule has 0 heterocycles. The summed E-state index contributed by atoms with van der Waals surface area (Å²) < 4.78 is 0. The number of nitrogens with zero attached hydrogens (tertiary/aromatic N) is 2. The molecular formula is C12H17BrN2O2. The fraction of sp³-hybridized carbons (Fsp3) is 0.500. The first-order valence-electron chi connectivity index (χ1n) is 5.64. The molecule has 0 radical (unpaired) electrons. The van der Waals surface area contributed by atoms with Crippen molar-refractivity contribution in [2.75, 3.05) is 18.5 Å².